The largest absolute Gasteiger partial charge is 0.378 e. The number of allylic oxidation sites excluding steroid dienone is 4. The number of benzene rings is 1. The maximum absolute atomic E-state index is 14.2. The van der Waals surface area contributed by atoms with Crippen LogP contribution in [-0.2, 0) is 0 Å². The van der Waals surface area contributed by atoms with Gasteiger partial charge >= 0.3 is 0 Å². The van der Waals surface area contributed by atoms with Crippen molar-refractivity contribution < 1.29 is 4.39 Å². The summed E-state index contributed by atoms with van der Waals surface area (Å²) in [6, 6.07) is 8.06. The molecule has 101 valence electrons. The van der Waals surface area contributed by atoms with Crippen LogP contribution in [0.1, 0.15) is 25.8 Å². The third-order valence-electron chi connectivity index (χ3n) is 3.46. The first-order valence-electron chi connectivity index (χ1n) is 6.72. The van der Waals surface area contributed by atoms with E-state index in [2.05, 4.69) is 20.3 Å². The lowest BCUT2D eigenvalue weighted by atomic mass is 9.85. The monoisotopic (exact) mass is 258 g/mol. The lowest BCUT2D eigenvalue weighted by molar-refractivity contribution is 0.653. The molecule has 1 aromatic carbocycles. The molecule has 0 aromatic heterocycles. The average Bonchev–Trinajstić information content (AvgIpc) is 2.38. The van der Waals surface area contributed by atoms with Gasteiger partial charge in [0.15, 0.2) is 0 Å². The van der Waals surface area contributed by atoms with E-state index in [9.17, 15) is 4.39 Å². The van der Waals surface area contributed by atoms with Gasteiger partial charge in [-0.15, -0.1) is 0 Å². The third-order valence-corrected chi connectivity index (χ3v) is 3.46. The summed E-state index contributed by atoms with van der Waals surface area (Å²) in [6.07, 6.45) is 4.47. The Bertz CT molecular complexity index is 507. The first-order chi connectivity index (χ1) is 9.00. The molecule has 0 heterocycles. The van der Waals surface area contributed by atoms with Crippen LogP contribution in [0.2, 0.25) is 0 Å². The molecule has 1 aliphatic rings. The summed E-state index contributed by atoms with van der Waals surface area (Å²) < 4.78 is 14.2. The molecule has 2 heteroatoms. The number of anilines is 1. The molecule has 0 amide bonds. The van der Waals surface area contributed by atoms with Gasteiger partial charge in [-0.25, -0.2) is 4.39 Å². The lowest BCUT2D eigenvalue weighted by Gasteiger charge is -2.21. The standard InChI is InChI=1S/C17H21FN/c1-12(2)15-6-5-7-16(18)17(15)13-8-10-14(11-9-13)19(3)4/h6-12H,5H2,1-4H3. The van der Waals surface area contributed by atoms with Gasteiger partial charge in [0.2, 0.25) is 0 Å². The zero-order valence-electron chi connectivity index (χ0n) is 12.1. The number of halogens is 1. The Morgan fingerprint density at radius 2 is 1.74 bits per heavy atom. The normalized spacial score (nSPS) is 15.8. The van der Waals surface area contributed by atoms with Crippen molar-refractivity contribution in [2.24, 2.45) is 5.92 Å². The number of nitrogens with zero attached hydrogens (tertiary/aromatic N) is 1. The van der Waals surface area contributed by atoms with Gasteiger partial charge in [-0.1, -0.05) is 31.6 Å². The van der Waals surface area contributed by atoms with Gasteiger partial charge < -0.3 is 4.90 Å². The van der Waals surface area contributed by atoms with E-state index in [1.807, 2.05) is 43.3 Å². The summed E-state index contributed by atoms with van der Waals surface area (Å²) in [4.78, 5) is 2.04. The predicted octanol–water partition coefficient (Wildman–Crippen LogP) is 4.62. The molecule has 1 nitrogen and oxygen atoms in total. The van der Waals surface area contributed by atoms with E-state index in [-0.39, 0.29) is 5.83 Å². The molecule has 19 heavy (non-hydrogen) atoms. The minimum Gasteiger partial charge on any atom is -0.378 e. The molecule has 0 N–H and O–H groups in total. The Balaban J connectivity index is 2.45. The molecule has 0 bridgehead atoms. The SMILES string of the molecule is CC(C)C1=C(c2ccc(N(C)C)cc2)C(F)=CC[CH]1. The van der Waals surface area contributed by atoms with Crippen molar-refractivity contribution in [2.75, 3.05) is 19.0 Å². The Morgan fingerprint density at radius 3 is 2.26 bits per heavy atom. The molecular formula is C17H21FN. The summed E-state index contributed by atoms with van der Waals surface area (Å²) in [6.45, 7) is 4.22. The third kappa shape index (κ3) is 2.89. The Hall–Kier alpha value is -1.57. The fourth-order valence-corrected chi connectivity index (χ4v) is 2.39. The van der Waals surface area contributed by atoms with Crippen LogP contribution in [0.25, 0.3) is 5.57 Å². The van der Waals surface area contributed by atoms with E-state index < -0.39 is 0 Å². The number of hydrogen-bond donors (Lipinski definition) is 0. The Labute approximate surface area is 115 Å². The van der Waals surface area contributed by atoms with E-state index in [1.54, 1.807) is 6.08 Å². The first kappa shape index (κ1) is 13.9. The summed E-state index contributed by atoms with van der Waals surface area (Å²) >= 11 is 0. The molecule has 2 rings (SSSR count). The molecule has 0 spiro atoms. The highest BCUT2D eigenvalue weighted by Gasteiger charge is 2.20. The minimum atomic E-state index is -0.0937. The Kier molecular flexibility index (Phi) is 4.08. The summed E-state index contributed by atoms with van der Waals surface area (Å²) in [5.41, 5.74) is 3.95. The van der Waals surface area contributed by atoms with Crippen LogP contribution in [-0.4, -0.2) is 14.1 Å². The fraction of sp³-hybridized carbons (Fsp3) is 0.353. The Morgan fingerprint density at radius 1 is 1.11 bits per heavy atom. The summed E-state index contributed by atoms with van der Waals surface area (Å²) in [7, 11) is 4.01. The smallest absolute Gasteiger partial charge is 0.127 e. The van der Waals surface area contributed by atoms with Crippen molar-refractivity contribution in [3.05, 3.63) is 53.7 Å². The van der Waals surface area contributed by atoms with Crippen LogP contribution in [0.5, 0.6) is 0 Å². The van der Waals surface area contributed by atoms with E-state index in [0.29, 0.717) is 12.3 Å². The minimum absolute atomic E-state index is 0.0937. The van der Waals surface area contributed by atoms with Gasteiger partial charge in [-0.05, 0) is 42.5 Å². The molecule has 1 aliphatic carbocycles. The van der Waals surface area contributed by atoms with Crippen LogP contribution >= 0.6 is 0 Å². The van der Waals surface area contributed by atoms with E-state index >= 15 is 0 Å². The van der Waals surface area contributed by atoms with Crippen molar-refractivity contribution >= 4 is 11.3 Å². The van der Waals surface area contributed by atoms with Gasteiger partial charge in [-0.3, -0.25) is 0 Å². The fourth-order valence-electron chi connectivity index (χ4n) is 2.39. The maximum atomic E-state index is 14.2. The summed E-state index contributed by atoms with van der Waals surface area (Å²) in [5.74, 6) is 0.242. The zero-order valence-corrected chi connectivity index (χ0v) is 12.1. The highest BCUT2D eigenvalue weighted by molar-refractivity contribution is 5.82. The molecule has 0 aliphatic heterocycles. The van der Waals surface area contributed by atoms with E-state index in [4.69, 9.17) is 0 Å². The second-order valence-corrected chi connectivity index (χ2v) is 5.42. The first-order valence-corrected chi connectivity index (χ1v) is 6.72. The van der Waals surface area contributed by atoms with Gasteiger partial charge in [-0.2, -0.15) is 0 Å². The van der Waals surface area contributed by atoms with Gasteiger partial charge in [0, 0.05) is 25.4 Å². The number of rotatable bonds is 3. The predicted molar refractivity (Wildman–Crippen MR) is 80.6 cm³/mol. The number of hydrogen-bond acceptors (Lipinski definition) is 1. The van der Waals surface area contributed by atoms with Crippen LogP contribution in [0.3, 0.4) is 0 Å². The van der Waals surface area contributed by atoms with Crippen molar-refractivity contribution in [1.29, 1.82) is 0 Å². The molecule has 1 aromatic rings. The molecule has 0 fully saturated rings. The second-order valence-electron chi connectivity index (χ2n) is 5.42. The van der Waals surface area contributed by atoms with Crippen molar-refractivity contribution in [3.8, 4) is 0 Å². The van der Waals surface area contributed by atoms with Crippen molar-refractivity contribution in [1.82, 2.24) is 0 Å². The maximum Gasteiger partial charge on any atom is 0.127 e. The van der Waals surface area contributed by atoms with Gasteiger partial charge in [0.1, 0.15) is 5.83 Å². The summed E-state index contributed by atoms with van der Waals surface area (Å²) in [5, 5.41) is 0. The van der Waals surface area contributed by atoms with Crippen LogP contribution < -0.4 is 4.90 Å². The van der Waals surface area contributed by atoms with Crippen molar-refractivity contribution in [3.63, 3.8) is 0 Å². The molecule has 0 unspecified atom stereocenters. The average molecular weight is 258 g/mol. The molecule has 0 saturated heterocycles. The van der Waals surface area contributed by atoms with Crippen LogP contribution in [0.15, 0.2) is 41.7 Å². The lowest BCUT2D eigenvalue weighted by Crippen LogP contribution is -2.09. The molecular weight excluding hydrogens is 237 g/mol. The van der Waals surface area contributed by atoms with Gasteiger partial charge in [0.05, 0.1) is 0 Å². The van der Waals surface area contributed by atoms with Gasteiger partial charge in [0.25, 0.3) is 0 Å². The second kappa shape index (κ2) is 5.60. The van der Waals surface area contributed by atoms with E-state index in [1.165, 1.54) is 0 Å². The van der Waals surface area contributed by atoms with Crippen molar-refractivity contribution in [2.45, 2.75) is 20.3 Å². The van der Waals surface area contributed by atoms with Crippen LogP contribution in [0, 0.1) is 12.3 Å². The topological polar surface area (TPSA) is 3.24 Å². The molecule has 0 saturated carbocycles. The molecule has 1 radical (unpaired) electrons. The molecule has 0 atom stereocenters. The van der Waals surface area contributed by atoms with Crippen LogP contribution in [0.4, 0.5) is 10.1 Å². The highest BCUT2D eigenvalue weighted by atomic mass is 19.1. The zero-order chi connectivity index (χ0) is 14.0. The van der Waals surface area contributed by atoms with E-state index in [0.717, 1.165) is 22.4 Å². The quantitative estimate of drug-likeness (QED) is 0.764. The highest BCUT2D eigenvalue weighted by Crippen LogP contribution is 2.37.